The second-order valence-corrected chi connectivity index (χ2v) is 8.32. The molecule has 1 N–H and O–H groups in total. The fraction of sp³-hybridized carbons (Fsp3) is 0.381. The van der Waals surface area contributed by atoms with Gasteiger partial charge >= 0.3 is 5.97 Å². The zero-order valence-electron chi connectivity index (χ0n) is 17.6. The number of carbonyl (C=O) groups is 3. The molecule has 2 rings (SSSR count). The second-order valence-electron chi connectivity index (χ2n) is 6.86. The smallest absolute Gasteiger partial charge is 0.341 e. The first-order chi connectivity index (χ1) is 14.1. The average Bonchev–Trinajstić information content (AvgIpc) is 3.00. The molecule has 0 atom stereocenters. The van der Waals surface area contributed by atoms with E-state index in [9.17, 15) is 14.4 Å². The Balaban J connectivity index is 2.02. The molecule has 0 fully saturated rings. The van der Waals surface area contributed by atoms with Crippen molar-refractivity contribution in [3.05, 3.63) is 44.8 Å². The number of carbonyl (C=O) groups excluding carboxylic acids is 3. The van der Waals surface area contributed by atoms with Crippen LogP contribution in [0.4, 0.5) is 5.00 Å². The molecule has 0 bridgehead atoms. The molecule has 2 aromatic rings. The molecule has 0 radical (unpaired) electrons. The summed E-state index contributed by atoms with van der Waals surface area (Å²) in [5, 5.41) is 3.68. The zero-order chi connectivity index (χ0) is 22.4. The van der Waals surface area contributed by atoms with Gasteiger partial charge < -0.3 is 19.7 Å². The van der Waals surface area contributed by atoms with E-state index in [4.69, 9.17) is 21.1 Å². The minimum atomic E-state index is -0.599. The number of hydrogen-bond acceptors (Lipinski definition) is 6. The molecule has 0 aliphatic heterocycles. The lowest BCUT2D eigenvalue weighted by Gasteiger charge is -2.09. The number of halogens is 1. The lowest BCUT2D eigenvalue weighted by Crippen LogP contribution is -2.21. The number of rotatable bonds is 8. The van der Waals surface area contributed by atoms with Crippen molar-refractivity contribution in [2.24, 2.45) is 0 Å². The van der Waals surface area contributed by atoms with Crippen molar-refractivity contribution in [3.63, 3.8) is 0 Å². The minimum Gasteiger partial charge on any atom is -0.493 e. The Kier molecular flexibility index (Phi) is 8.25. The molecule has 0 saturated heterocycles. The van der Waals surface area contributed by atoms with Crippen LogP contribution in [0.15, 0.2) is 18.2 Å². The fourth-order valence-corrected chi connectivity index (χ4v) is 4.19. The van der Waals surface area contributed by atoms with Crippen LogP contribution in [0.2, 0.25) is 5.02 Å². The van der Waals surface area contributed by atoms with Gasteiger partial charge in [-0.05, 0) is 49.6 Å². The van der Waals surface area contributed by atoms with Gasteiger partial charge in [-0.15, -0.1) is 11.3 Å². The molecule has 1 heterocycles. The molecule has 1 aromatic heterocycles. The van der Waals surface area contributed by atoms with Gasteiger partial charge in [0.25, 0.3) is 5.91 Å². The second kappa shape index (κ2) is 10.4. The highest BCUT2D eigenvalue weighted by molar-refractivity contribution is 7.18. The molecule has 162 valence electrons. The third kappa shape index (κ3) is 5.73. The van der Waals surface area contributed by atoms with Gasteiger partial charge in [-0.2, -0.15) is 0 Å². The lowest BCUT2D eigenvalue weighted by atomic mass is 10.1. The number of nitrogens with zero attached hydrogens (tertiary/aromatic N) is 1. The number of hydrogen-bond donors (Lipinski definition) is 1. The maximum Gasteiger partial charge on any atom is 0.341 e. The highest BCUT2D eigenvalue weighted by Gasteiger charge is 2.26. The Bertz CT molecular complexity index is 955. The van der Waals surface area contributed by atoms with Crippen LogP contribution in [0.3, 0.4) is 0 Å². The number of aryl methyl sites for hydroxylation is 1. The number of methoxy groups -OCH3 is 1. The van der Waals surface area contributed by atoms with Crippen LogP contribution in [0.5, 0.6) is 5.75 Å². The molecule has 0 spiro atoms. The lowest BCUT2D eigenvalue weighted by molar-refractivity contribution is -0.116. The number of amides is 2. The SMILES string of the molecule is COC(=O)c1c(NC(=O)CCCOc2ccc(Cl)cc2C)sc(C(=O)N(C)C)c1C. The molecule has 0 unspecified atom stereocenters. The Hall–Kier alpha value is -2.58. The average molecular weight is 453 g/mol. The highest BCUT2D eigenvalue weighted by atomic mass is 35.5. The van der Waals surface area contributed by atoms with E-state index in [2.05, 4.69) is 5.32 Å². The summed E-state index contributed by atoms with van der Waals surface area (Å²) in [7, 11) is 4.51. The van der Waals surface area contributed by atoms with Gasteiger partial charge in [-0.25, -0.2) is 4.79 Å². The molecule has 7 nitrogen and oxygen atoms in total. The molecule has 0 aliphatic carbocycles. The number of benzene rings is 1. The van der Waals surface area contributed by atoms with Crippen LogP contribution in [-0.2, 0) is 9.53 Å². The van der Waals surface area contributed by atoms with E-state index in [0.717, 1.165) is 16.9 Å². The van der Waals surface area contributed by atoms with Crippen LogP contribution in [0, 0.1) is 13.8 Å². The first kappa shape index (κ1) is 23.7. The third-order valence-corrected chi connectivity index (χ3v) is 5.76. The molecular formula is C21H25ClN2O5S. The van der Waals surface area contributed by atoms with E-state index < -0.39 is 5.97 Å². The summed E-state index contributed by atoms with van der Waals surface area (Å²) in [4.78, 5) is 38.8. The fourth-order valence-electron chi connectivity index (χ4n) is 2.74. The predicted octanol–water partition coefficient (Wildman–Crippen LogP) is 4.30. The van der Waals surface area contributed by atoms with Crippen molar-refractivity contribution >= 4 is 45.7 Å². The quantitative estimate of drug-likeness (QED) is 0.476. The molecule has 0 aliphatic rings. The predicted molar refractivity (Wildman–Crippen MR) is 118 cm³/mol. The largest absolute Gasteiger partial charge is 0.493 e. The van der Waals surface area contributed by atoms with Gasteiger partial charge in [-0.3, -0.25) is 9.59 Å². The summed E-state index contributed by atoms with van der Waals surface area (Å²) in [6.07, 6.45) is 0.677. The zero-order valence-corrected chi connectivity index (χ0v) is 19.2. The highest BCUT2D eigenvalue weighted by Crippen LogP contribution is 2.34. The molecule has 30 heavy (non-hydrogen) atoms. The summed E-state index contributed by atoms with van der Waals surface area (Å²) in [5.41, 5.74) is 1.61. The van der Waals surface area contributed by atoms with Crippen LogP contribution in [0.25, 0.3) is 0 Å². The van der Waals surface area contributed by atoms with Gasteiger partial charge in [0.1, 0.15) is 10.8 Å². The van der Waals surface area contributed by atoms with Crippen molar-refractivity contribution in [2.45, 2.75) is 26.7 Å². The van der Waals surface area contributed by atoms with E-state index in [1.54, 1.807) is 33.2 Å². The monoisotopic (exact) mass is 452 g/mol. The Morgan fingerprint density at radius 3 is 2.50 bits per heavy atom. The topological polar surface area (TPSA) is 84.9 Å². The van der Waals surface area contributed by atoms with Crippen LogP contribution >= 0.6 is 22.9 Å². The van der Waals surface area contributed by atoms with E-state index in [1.807, 2.05) is 13.0 Å². The number of ether oxygens (including phenoxy) is 2. The van der Waals surface area contributed by atoms with Crippen LogP contribution < -0.4 is 10.1 Å². The standard InChI is InChI=1S/C21H25ClN2O5S/c1-12-11-14(22)8-9-15(12)29-10-6-7-16(25)23-19-17(21(27)28-5)13(2)18(30-19)20(26)24(3)4/h8-9,11H,6-7,10H2,1-5H3,(H,23,25). The molecular weight excluding hydrogens is 428 g/mol. The number of thiophene rings is 1. The molecule has 0 saturated carbocycles. The van der Waals surface area contributed by atoms with Crippen LogP contribution in [-0.4, -0.2) is 50.5 Å². The van der Waals surface area contributed by atoms with Gasteiger partial charge in [0.2, 0.25) is 5.91 Å². The van der Waals surface area contributed by atoms with Crippen molar-refractivity contribution < 1.29 is 23.9 Å². The van der Waals surface area contributed by atoms with Gasteiger partial charge in [-0.1, -0.05) is 11.6 Å². The van der Waals surface area contributed by atoms with Crippen molar-refractivity contribution in [2.75, 3.05) is 33.1 Å². The normalized spacial score (nSPS) is 10.5. The third-order valence-electron chi connectivity index (χ3n) is 4.33. The van der Waals surface area contributed by atoms with E-state index in [0.29, 0.717) is 39.2 Å². The van der Waals surface area contributed by atoms with Crippen LogP contribution in [0.1, 0.15) is 44.0 Å². The number of nitrogens with one attached hydrogen (secondary N) is 1. The molecule has 1 aromatic carbocycles. The van der Waals surface area contributed by atoms with Gasteiger partial charge in [0, 0.05) is 25.5 Å². The number of esters is 1. The molecule has 9 heteroatoms. The minimum absolute atomic E-state index is 0.196. The first-order valence-electron chi connectivity index (χ1n) is 9.27. The first-order valence-corrected chi connectivity index (χ1v) is 10.5. The summed E-state index contributed by atoms with van der Waals surface area (Å²) in [5.74, 6) is -0.400. The van der Waals surface area contributed by atoms with Gasteiger partial charge in [0.15, 0.2) is 0 Å². The van der Waals surface area contributed by atoms with E-state index in [-0.39, 0.29) is 23.8 Å². The molecule has 2 amide bonds. The summed E-state index contributed by atoms with van der Waals surface area (Å²) < 4.78 is 10.5. The summed E-state index contributed by atoms with van der Waals surface area (Å²) in [6.45, 7) is 3.92. The Labute approximate surface area is 184 Å². The summed E-state index contributed by atoms with van der Waals surface area (Å²) in [6, 6.07) is 5.35. The van der Waals surface area contributed by atoms with E-state index in [1.165, 1.54) is 12.0 Å². The maximum absolute atomic E-state index is 12.4. The Morgan fingerprint density at radius 2 is 1.90 bits per heavy atom. The summed E-state index contributed by atoms with van der Waals surface area (Å²) >= 11 is 6.99. The van der Waals surface area contributed by atoms with Crippen molar-refractivity contribution in [1.29, 1.82) is 0 Å². The number of anilines is 1. The Morgan fingerprint density at radius 1 is 1.20 bits per heavy atom. The van der Waals surface area contributed by atoms with E-state index >= 15 is 0 Å². The van der Waals surface area contributed by atoms with Gasteiger partial charge in [0.05, 0.1) is 24.2 Å². The van der Waals surface area contributed by atoms with Crippen molar-refractivity contribution in [1.82, 2.24) is 4.90 Å². The van der Waals surface area contributed by atoms with Crippen molar-refractivity contribution in [3.8, 4) is 5.75 Å². The maximum atomic E-state index is 12.4.